The first-order valence-corrected chi connectivity index (χ1v) is 11.2. The van der Waals surface area contributed by atoms with Crippen LogP contribution in [0.15, 0.2) is 78.2 Å². The molecule has 5 nitrogen and oxygen atoms in total. The SMILES string of the molecule is COc1cccc(COc2ccc(-c3nc(C(=O)N(C)Cc4ccccc4)cs3)c(F)c2)c1. The highest BCUT2D eigenvalue weighted by Gasteiger charge is 2.18. The average molecular weight is 463 g/mol. The Morgan fingerprint density at radius 1 is 1.00 bits per heavy atom. The van der Waals surface area contributed by atoms with Gasteiger partial charge in [-0.15, -0.1) is 11.3 Å². The third-order valence-corrected chi connectivity index (χ3v) is 5.92. The number of carbonyl (C=O) groups excluding carboxylic acids is 1. The Kier molecular flexibility index (Phi) is 7.00. The summed E-state index contributed by atoms with van der Waals surface area (Å²) in [7, 11) is 3.33. The molecule has 0 atom stereocenters. The maximum absolute atomic E-state index is 14.8. The lowest BCUT2D eigenvalue weighted by Gasteiger charge is -2.15. The standard InChI is InChI=1S/C26H23FN2O3S/c1-29(15-18-7-4-3-5-8-18)26(30)24-17-33-25(28-24)22-12-11-21(14-23(22)27)32-16-19-9-6-10-20(13-19)31-2/h3-14,17H,15-16H2,1-2H3. The molecule has 3 aromatic carbocycles. The molecule has 0 N–H and O–H groups in total. The highest BCUT2D eigenvalue weighted by molar-refractivity contribution is 7.13. The van der Waals surface area contributed by atoms with Crippen LogP contribution < -0.4 is 9.47 Å². The molecule has 1 amide bonds. The van der Waals surface area contributed by atoms with Gasteiger partial charge in [0, 0.05) is 30.6 Å². The van der Waals surface area contributed by atoms with Gasteiger partial charge in [-0.3, -0.25) is 4.79 Å². The van der Waals surface area contributed by atoms with E-state index in [0.717, 1.165) is 16.9 Å². The summed E-state index contributed by atoms with van der Waals surface area (Å²) < 4.78 is 25.7. The summed E-state index contributed by atoms with van der Waals surface area (Å²) in [6.07, 6.45) is 0. The van der Waals surface area contributed by atoms with Gasteiger partial charge in [-0.05, 0) is 35.4 Å². The number of hydrogen-bond acceptors (Lipinski definition) is 5. The molecule has 0 aliphatic rings. The number of rotatable bonds is 8. The largest absolute Gasteiger partial charge is 0.497 e. The molecule has 0 aliphatic carbocycles. The third kappa shape index (κ3) is 5.56. The van der Waals surface area contributed by atoms with Gasteiger partial charge in [-0.1, -0.05) is 42.5 Å². The van der Waals surface area contributed by atoms with Crippen LogP contribution in [0.25, 0.3) is 10.6 Å². The predicted octanol–water partition coefficient (Wildman–Crippen LogP) is 5.81. The van der Waals surface area contributed by atoms with E-state index in [2.05, 4.69) is 4.98 Å². The molecule has 1 aromatic heterocycles. The summed E-state index contributed by atoms with van der Waals surface area (Å²) in [6, 6.07) is 21.9. The molecular formula is C26H23FN2O3S. The first-order valence-electron chi connectivity index (χ1n) is 10.3. The van der Waals surface area contributed by atoms with Crippen LogP contribution in [0.5, 0.6) is 11.5 Å². The number of carbonyl (C=O) groups is 1. The first-order chi connectivity index (χ1) is 16.0. The zero-order chi connectivity index (χ0) is 23.2. The molecular weight excluding hydrogens is 439 g/mol. The van der Waals surface area contributed by atoms with Crippen molar-refractivity contribution in [3.8, 4) is 22.1 Å². The first kappa shape index (κ1) is 22.5. The predicted molar refractivity (Wildman–Crippen MR) is 127 cm³/mol. The molecule has 0 unspecified atom stereocenters. The lowest BCUT2D eigenvalue weighted by atomic mass is 10.2. The summed E-state index contributed by atoms with van der Waals surface area (Å²) >= 11 is 1.24. The third-order valence-electron chi connectivity index (χ3n) is 5.04. The molecule has 0 fully saturated rings. The highest BCUT2D eigenvalue weighted by Crippen LogP contribution is 2.30. The van der Waals surface area contributed by atoms with Gasteiger partial charge in [-0.25, -0.2) is 9.37 Å². The van der Waals surface area contributed by atoms with E-state index in [4.69, 9.17) is 9.47 Å². The molecule has 0 spiro atoms. The number of nitrogens with zero attached hydrogens (tertiary/aromatic N) is 2. The second-order valence-corrected chi connectivity index (χ2v) is 8.32. The van der Waals surface area contributed by atoms with E-state index in [9.17, 15) is 9.18 Å². The van der Waals surface area contributed by atoms with E-state index in [1.165, 1.54) is 17.4 Å². The smallest absolute Gasteiger partial charge is 0.273 e. The fraction of sp³-hybridized carbons (Fsp3) is 0.154. The minimum absolute atomic E-state index is 0.208. The summed E-state index contributed by atoms with van der Waals surface area (Å²) in [4.78, 5) is 18.7. The number of amides is 1. The molecule has 4 rings (SSSR count). The van der Waals surface area contributed by atoms with Gasteiger partial charge in [-0.2, -0.15) is 0 Å². The molecule has 33 heavy (non-hydrogen) atoms. The Labute approximate surface area is 196 Å². The molecule has 0 bridgehead atoms. The lowest BCUT2D eigenvalue weighted by molar-refractivity contribution is 0.0780. The second kappa shape index (κ2) is 10.3. The van der Waals surface area contributed by atoms with E-state index in [0.29, 0.717) is 35.2 Å². The van der Waals surface area contributed by atoms with Crippen LogP contribution in [0.2, 0.25) is 0 Å². The van der Waals surface area contributed by atoms with Crippen LogP contribution in [0.1, 0.15) is 21.6 Å². The number of hydrogen-bond donors (Lipinski definition) is 0. The van der Waals surface area contributed by atoms with Crippen molar-refractivity contribution in [3.63, 3.8) is 0 Å². The van der Waals surface area contributed by atoms with Gasteiger partial charge in [0.2, 0.25) is 0 Å². The van der Waals surface area contributed by atoms with Crippen molar-refractivity contribution in [2.45, 2.75) is 13.2 Å². The van der Waals surface area contributed by atoms with Gasteiger partial charge >= 0.3 is 0 Å². The summed E-state index contributed by atoms with van der Waals surface area (Å²) in [5, 5.41) is 2.11. The molecule has 0 saturated heterocycles. The van der Waals surface area contributed by atoms with Gasteiger partial charge < -0.3 is 14.4 Å². The van der Waals surface area contributed by atoms with Gasteiger partial charge in [0.25, 0.3) is 5.91 Å². The molecule has 1 heterocycles. The van der Waals surface area contributed by atoms with Crippen molar-refractivity contribution in [2.75, 3.05) is 14.2 Å². The average Bonchev–Trinajstić information content (AvgIpc) is 3.33. The van der Waals surface area contributed by atoms with Crippen LogP contribution in [0.4, 0.5) is 4.39 Å². The van der Waals surface area contributed by atoms with Crippen molar-refractivity contribution >= 4 is 17.2 Å². The van der Waals surface area contributed by atoms with Crippen LogP contribution >= 0.6 is 11.3 Å². The summed E-state index contributed by atoms with van der Waals surface area (Å²) in [5.41, 5.74) is 2.57. The monoisotopic (exact) mass is 462 g/mol. The number of aromatic nitrogens is 1. The normalized spacial score (nSPS) is 10.6. The number of benzene rings is 3. The van der Waals surface area contributed by atoms with Crippen molar-refractivity contribution in [1.29, 1.82) is 0 Å². The topological polar surface area (TPSA) is 51.7 Å². The van der Waals surface area contributed by atoms with E-state index in [1.807, 2.05) is 54.6 Å². The van der Waals surface area contributed by atoms with Gasteiger partial charge in [0.1, 0.15) is 34.6 Å². The minimum Gasteiger partial charge on any atom is -0.497 e. The van der Waals surface area contributed by atoms with Crippen LogP contribution in [0, 0.1) is 5.82 Å². The van der Waals surface area contributed by atoms with Crippen LogP contribution in [0.3, 0.4) is 0 Å². The minimum atomic E-state index is -0.455. The van der Waals surface area contributed by atoms with E-state index in [-0.39, 0.29) is 5.91 Å². The molecule has 0 aliphatic heterocycles. The maximum Gasteiger partial charge on any atom is 0.273 e. The summed E-state index contributed by atoms with van der Waals surface area (Å²) in [6.45, 7) is 0.764. The molecule has 7 heteroatoms. The number of thiazole rings is 1. The van der Waals surface area contributed by atoms with Crippen molar-refractivity contribution in [1.82, 2.24) is 9.88 Å². The Morgan fingerprint density at radius 3 is 2.55 bits per heavy atom. The summed E-state index contributed by atoms with van der Waals surface area (Å²) in [5.74, 6) is 0.486. The Morgan fingerprint density at radius 2 is 1.79 bits per heavy atom. The Balaban J connectivity index is 1.42. The molecule has 0 saturated carbocycles. The fourth-order valence-corrected chi connectivity index (χ4v) is 4.13. The van der Waals surface area contributed by atoms with E-state index >= 15 is 0 Å². The van der Waals surface area contributed by atoms with Crippen LogP contribution in [-0.2, 0) is 13.2 Å². The van der Waals surface area contributed by atoms with Crippen LogP contribution in [-0.4, -0.2) is 29.9 Å². The maximum atomic E-state index is 14.8. The van der Waals surface area contributed by atoms with E-state index in [1.54, 1.807) is 36.6 Å². The molecule has 4 aromatic rings. The fourth-order valence-electron chi connectivity index (χ4n) is 3.31. The van der Waals surface area contributed by atoms with Gasteiger partial charge in [0.05, 0.1) is 7.11 Å². The number of halogens is 1. The second-order valence-electron chi connectivity index (χ2n) is 7.47. The zero-order valence-corrected chi connectivity index (χ0v) is 19.1. The quantitative estimate of drug-likeness (QED) is 0.332. The number of ether oxygens (including phenoxy) is 2. The van der Waals surface area contributed by atoms with Gasteiger partial charge in [0.15, 0.2) is 0 Å². The Bertz CT molecular complexity index is 1240. The van der Waals surface area contributed by atoms with E-state index < -0.39 is 5.82 Å². The lowest BCUT2D eigenvalue weighted by Crippen LogP contribution is -2.26. The van der Waals surface area contributed by atoms with Crippen molar-refractivity contribution < 1.29 is 18.7 Å². The molecule has 0 radical (unpaired) electrons. The van der Waals surface area contributed by atoms with Crippen molar-refractivity contribution in [2.24, 2.45) is 0 Å². The Hall–Kier alpha value is -3.71. The number of methoxy groups -OCH3 is 1. The highest BCUT2D eigenvalue weighted by atomic mass is 32.1. The zero-order valence-electron chi connectivity index (χ0n) is 18.3. The van der Waals surface area contributed by atoms with Crippen molar-refractivity contribution in [3.05, 3.63) is 101 Å². The molecule has 168 valence electrons.